The molecule has 204 valence electrons. The number of carboxylic acid groups (broad SMARTS) is 1. The summed E-state index contributed by atoms with van der Waals surface area (Å²) in [5, 5.41) is 8.82. The summed E-state index contributed by atoms with van der Waals surface area (Å²) in [7, 11) is 0. The first kappa shape index (κ1) is 29.3. The average molecular weight is 541 g/mol. The number of ketones is 2. The molecule has 4 aromatic carbocycles. The number of carboxylic acids is 1. The quantitative estimate of drug-likeness (QED) is 0.136. The van der Waals surface area contributed by atoms with Gasteiger partial charge in [-0.05, 0) is 68.4 Å². The summed E-state index contributed by atoms with van der Waals surface area (Å²) in [6.45, 7) is 2.92. The van der Waals surface area contributed by atoms with E-state index in [1.54, 1.807) is 43.3 Å². The van der Waals surface area contributed by atoms with Crippen LogP contribution < -0.4 is 9.47 Å². The molecule has 1 atom stereocenters. The molecule has 0 radical (unpaired) electrons. The number of Topliss-reactive ketones (excluding diaryl/α,β-unsaturated/α-hetero) is 2. The third-order valence-corrected chi connectivity index (χ3v) is 5.35. The summed E-state index contributed by atoms with van der Waals surface area (Å²) < 4.78 is 16.0. The van der Waals surface area contributed by atoms with Gasteiger partial charge in [-0.1, -0.05) is 54.6 Å². The molecule has 0 saturated carbocycles. The third-order valence-electron chi connectivity index (χ3n) is 5.35. The molecule has 40 heavy (non-hydrogen) atoms. The van der Waals surface area contributed by atoms with Gasteiger partial charge in [0.2, 0.25) is 0 Å². The van der Waals surface area contributed by atoms with Gasteiger partial charge in [0, 0.05) is 5.56 Å². The lowest BCUT2D eigenvalue weighted by atomic mass is 9.94. The van der Waals surface area contributed by atoms with Crippen molar-refractivity contribution in [3.63, 3.8) is 0 Å². The summed E-state index contributed by atoms with van der Waals surface area (Å²) in [5.74, 6) is -2.11. The molecular formula is C32H28O8. The number of hydrogen-bond acceptors (Lipinski definition) is 7. The van der Waals surface area contributed by atoms with E-state index in [0.29, 0.717) is 23.0 Å². The van der Waals surface area contributed by atoms with Gasteiger partial charge in [-0.15, -0.1) is 0 Å². The fraction of sp³-hybridized carbons (Fsp3) is 0.125. The molecule has 0 fully saturated rings. The van der Waals surface area contributed by atoms with Crippen molar-refractivity contribution in [3.8, 4) is 23.0 Å². The van der Waals surface area contributed by atoms with Crippen LogP contribution in [0, 0.1) is 5.92 Å². The Bertz CT molecular complexity index is 1450. The van der Waals surface area contributed by atoms with E-state index in [9.17, 15) is 19.2 Å². The minimum atomic E-state index is -1.45. The van der Waals surface area contributed by atoms with E-state index in [4.69, 9.17) is 19.3 Å². The van der Waals surface area contributed by atoms with Gasteiger partial charge in [0.1, 0.15) is 23.0 Å². The van der Waals surface area contributed by atoms with Crippen LogP contribution in [0.1, 0.15) is 34.6 Å². The number of carbonyl (C=O) groups is 4. The predicted molar refractivity (Wildman–Crippen MR) is 148 cm³/mol. The van der Waals surface area contributed by atoms with E-state index < -0.39 is 29.4 Å². The molecule has 0 heterocycles. The minimum absolute atomic E-state index is 0.104. The van der Waals surface area contributed by atoms with Crippen LogP contribution in [0.4, 0.5) is 0 Å². The van der Waals surface area contributed by atoms with Crippen molar-refractivity contribution in [2.75, 3.05) is 6.61 Å². The Labute approximate surface area is 231 Å². The van der Waals surface area contributed by atoms with Crippen molar-refractivity contribution < 1.29 is 38.5 Å². The first-order chi connectivity index (χ1) is 19.3. The van der Waals surface area contributed by atoms with E-state index >= 15 is 0 Å². The molecular weight excluding hydrogens is 512 g/mol. The zero-order valence-electron chi connectivity index (χ0n) is 22.0. The molecule has 8 heteroatoms. The van der Waals surface area contributed by atoms with Crippen molar-refractivity contribution in [1.82, 2.24) is 0 Å². The Morgan fingerprint density at radius 2 is 1.10 bits per heavy atom. The summed E-state index contributed by atoms with van der Waals surface area (Å²) >= 11 is 0. The maximum absolute atomic E-state index is 12.5. The van der Waals surface area contributed by atoms with Gasteiger partial charge in [-0.3, -0.25) is 14.4 Å². The van der Waals surface area contributed by atoms with Crippen molar-refractivity contribution >= 4 is 23.5 Å². The van der Waals surface area contributed by atoms with Crippen LogP contribution in [-0.4, -0.2) is 35.2 Å². The normalized spacial score (nSPS) is 10.8. The van der Waals surface area contributed by atoms with Crippen molar-refractivity contribution in [3.05, 3.63) is 120 Å². The molecule has 0 aliphatic carbocycles. The number of aromatic carboxylic acids is 1. The highest BCUT2D eigenvalue weighted by atomic mass is 16.5. The first-order valence-electron chi connectivity index (χ1n) is 12.4. The van der Waals surface area contributed by atoms with Gasteiger partial charge in [-0.25, -0.2) is 4.79 Å². The average Bonchev–Trinajstić information content (AvgIpc) is 2.95. The molecule has 1 unspecified atom stereocenters. The Hall–Kier alpha value is -5.24. The number of para-hydroxylation sites is 2. The monoisotopic (exact) mass is 540 g/mol. The number of hydrogen-bond donors (Lipinski definition) is 1. The number of rotatable bonds is 10. The summed E-state index contributed by atoms with van der Waals surface area (Å²) in [6, 6.07) is 31.1. The Morgan fingerprint density at radius 1 is 0.650 bits per heavy atom. The second kappa shape index (κ2) is 14.6. The highest BCUT2D eigenvalue weighted by molar-refractivity contribution is 6.22. The zero-order valence-corrected chi connectivity index (χ0v) is 22.0. The van der Waals surface area contributed by atoms with Gasteiger partial charge in [0.15, 0.2) is 17.5 Å². The number of esters is 1. The smallest absolute Gasteiger partial charge is 0.335 e. The van der Waals surface area contributed by atoms with Crippen molar-refractivity contribution in [2.45, 2.75) is 13.8 Å². The lowest BCUT2D eigenvalue weighted by Gasteiger charge is -2.12. The molecule has 4 rings (SSSR count). The first-order valence-corrected chi connectivity index (χ1v) is 12.4. The second-order valence-electron chi connectivity index (χ2n) is 8.35. The molecule has 0 aliphatic heterocycles. The van der Waals surface area contributed by atoms with Gasteiger partial charge in [-0.2, -0.15) is 0 Å². The number of ether oxygens (including phenoxy) is 3. The predicted octanol–water partition coefficient (Wildman–Crippen LogP) is 6.61. The lowest BCUT2D eigenvalue weighted by molar-refractivity contribution is -0.148. The standard InChI is InChI=1S/C19H18O5.C13H10O3/c1-3-23-19(22)17(13(2)20)18(21)14-8-7-11-16(12-14)24-15-9-5-4-6-10-15;14-13(15)10-5-4-8-12(9-10)16-11-6-2-1-3-7-11/h4-12,17H,3H2,1-2H3;1-9H,(H,14,15). The molecule has 0 amide bonds. The van der Waals surface area contributed by atoms with E-state index in [2.05, 4.69) is 0 Å². The van der Waals surface area contributed by atoms with Gasteiger partial charge in [0.25, 0.3) is 0 Å². The largest absolute Gasteiger partial charge is 0.478 e. The number of carbonyl (C=O) groups excluding carboxylic acids is 3. The SMILES string of the molecule is CCOC(=O)C(C(C)=O)C(=O)c1cccc(Oc2ccccc2)c1.O=C(O)c1cccc(Oc2ccccc2)c1. The Morgan fingerprint density at radius 3 is 1.55 bits per heavy atom. The van der Waals surface area contributed by atoms with E-state index in [0.717, 1.165) is 0 Å². The Kier molecular flexibility index (Phi) is 10.7. The van der Waals surface area contributed by atoms with Gasteiger partial charge in [0.05, 0.1) is 12.2 Å². The topological polar surface area (TPSA) is 116 Å². The fourth-order valence-corrected chi connectivity index (χ4v) is 3.50. The highest BCUT2D eigenvalue weighted by Gasteiger charge is 2.33. The van der Waals surface area contributed by atoms with Crippen LogP contribution in [-0.2, 0) is 14.3 Å². The Balaban J connectivity index is 0.000000238. The molecule has 0 spiro atoms. The van der Waals surface area contributed by atoms with Crippen molar-refractivity contribution in [2.24, 2.45) is 5.92 Å². The fourth-order valence-electron chi connectivity index (χ4n) is 3.50. The van der Waals surface area contributed by atoms with E-state index in [1.165, 1.54) is 31.2 Å². The molecule has 0 saturated heterocycles. The van der Waals surface area contributed by atoms with Crippen LogP contribution in [0.15, 0.2) is 109 Å². The molecule has 0 aromatic heterocycles. The zero-order chi connectivity index (χ0) is 28.9. The van der Waals surface area contributed by atoms with Crippen LogP contribution in [0.3, 0.4) is 0 Å². The van der Waals surface area contributed by atoms with Gasteiger partial charge >= 0.3 is 11.9 Å². The highest BCUT2D eigenvalue weighted by Crippen LogP contribution is 2.24. The molecule has 0 bridgehead atoms. The van der Waals surface area contributed by atoms with E-state index in [1.807, 2.05) is 48.5 Å². The molecule has 8 nitrogen and oxygen atoms in total. The van der Waals surface area contributed by atoms with Crippen LogP contribution in [0.2, 0.25) is 0 Å². The maximum atomic E-state index is 12.5. The summed E-state index contributed by atoms with van der Waals surface area (Å²) in [6.07, 6.45) is 0. The maximum Gasteiger partial charge on any atom is 0.335 e. The van der Waals surface area contributed by atoms with Gasteiger partial charge < -0.3 is 19.3 Å². The van der Waals surface area contributed by atoms with Crippen molar-refractivity contribution in [1.29, 1.82) is 0 Å². The third kappa shape index (κ3) is 8.66. The summed E-state index contributed by atoms with van der Waals surface area (Å²) in [5.41, 5.74) is 0.435. The lowest BCUT2D eigenvalue weighted by Crippen LogP contribution is -2.32. The van der Waals surface area contributed by atoms with Crippen LogP contribution >= 0.6 is 0 Å². The molecule has 1 N–H and O–H groups in total. The minimum Gasteiger partial charge on any atom is -0.478 e. The van der Waals surface area contributed by atoms with E-state index in [-0.39, 0.29) is 17.7 Å². The number of benzene rings is 4. The second-order valence-corrected chi connectivity index (χ2v) is 8.35. The van der Waals surface area contributed by atoms with Crippen LogP contribution in [0.5, 0.6) is 23.0 Å². The molecule has 4 aromatic rings. The summed E-state index contributed by atoms with van der Waals surface area (Å²) in [4.78, 5) is 46.9. The van der Waals surface area contributed by atoms with Crippen LogP contribution in [0.25, 0.3) is 0 Å². The molecule has 0 aliphatic rings.